The highest BCUT2D eigenvalue weighted by molar-refractivity contribution is 5.79. The average molecular weight is 399 g/mol. The van der Waals surface area contributed by atoms with E-state index >= 15 is 0 Å². The van der Waals surface area contributed by atoms with Gasteiger partial charge in [0, 0.05) is 32.7 Å². The molecule has 4 rings (SSSR count). The number of unbranched alkanes of at least 4 members (excludes halogenated alkanes) is 1. The van der Waals surface area contributed by atoms with Crippen molar-refractivity contribution in [1.29, 1.82) is 0 Å². The van der Waals surface area contributed by atoms with Crippen LogP contribution in [0.3, 0.4) is 0 Å². The lowest BCUT2D eigenvalue weighted by molar-refractivity contribution is 0.403. The van der Waals surface area contributed by atoms with Crippen LogP contribution in [0.4, 0.5) is 11.6 Å². The molecule has 2 aromatic heterocycles. The summed E-state index contributed by atoms with van der Waals surface area (Å²) in [5.41, 5.74) is 1.04. The van der Waals surface area contributed by atoms with Gasteiger partial charge in [0.1, 0.15) is 11.5 Å². The molecule has 0 unspecified atom stereocenters. The third-order valence-electron chi connectivity index (χ3n) is 5.41. The van der Waals surface area contributed by atoms with Gasteiger partial charge in [-0.2, -0.15) is 4.98 Å². The van der Waals surface area contributed by atoms with Gasteiger partial charge in [-0.25, -0.2) is 4.79 Å². The molecular formula is C20H25N5O4. The van der Waals surface area contributed by atoms with Gasteiger partial charge in [-0.05, 0) is 18.6 Å². The minimum Gasteiger partial charge on any atom is -0.497 e. The molecule has 0 radical (unpaired) electrons. The van der Waals surface area contributed by atoms with Crippen molar-refractivity contribution in [3.05, 3.63) is 39.0 Å². The van der Waals surface area contributed by atoms with E-state index in [0.29, 0.717) is 48.2 Å². The van der Waals surface area contributed by atoms with Gasteiger partial charge in [-0.3, -0.25) is 13.9 Å². The summed E-state index contributed by atoms with van der Waals surface area (Å²) in [5, 5.41) is 0. The van der Waals surface area contributed by atoms with Crippen molar-refractivity contribution in [2.24, 2.45) is 7.05 Å². The van der Waals surface area contributed by atoms with Crippen LogP contribution in [0.5, 0.6) is 11.5 Å². The molecule has 3 aromatic rings. The maximum absolute atomic E-state index is 13.1. The van der Waals surface area contributed by atoms with Crippen molar-refractivity contribution in [2.45, 2.75) is 32.9 Å². The number of anilines is 2. The first kappa shape index (κ1) is 19.1. The highest BCUT2D eigenvalue weighted by Gasteiger charge is 2.30. The van der Waals surface area contributed by atoms with Crippen LogP contribution in [-0.2, 0) is 20.1 Å². The Kier molecular flexibility index (Phi) is 4.81. The molecule has 1 aliphatic rings. The topological polar surface area (TPSA) is 83.5 Å². The van der Waals surface area contributed by atoms with E-state index in [1.54, 1.807) is 21.3 Å². The van der Waals surface area contributed by atoms with Crippen molar-refractivity contribution in [3.63, 3.8) is 0 Å². The van der Waals surface area contributed by atoms with Gasteiger partial charge in [0.2, 0.25) is 5.95 Å². The number of imidazole rings is 1. The molecule has 154 valence electrons. The molecule has 1 aliphatic heterocycles. The van der Waals surface area contributed by atoms with E-state index in [1.165, 1.54) is 9.13 Å². The molecule has 29 heavy (non-hydrogen) atoms. The Bertz CT molecular complexity index is 1190. The highest BCUT2D eigenvalue weighted by atomic mass is 16.5. The van der Waals surface area contributed by atoms with Crippen LogP contribution < -0.4 is 25.6 Å². The Balaban J connectivity index is 1.92. The molecule has 0 fully saturated rings. The highest BCUT2D eigenvalue weighted by Crippen LogP contribution is 2.39. The average Bonchev–Trinajstić information content (AvgIpc) is 3.31. The summed E-state index contributed by atoms with van der Waals surface area (Å²) >= 11 is 0. The number of aryl methyl sites for hydroxylation is 1. The lowest BCUT2D eigenvalue weighted by Gasteiger charge is -2.19. The van der Waals surface area contributed by atoms with E-state index < -0.39 is 0 Å². The molecule has 3 heterocycles. The molecule has 0 aliphatic carbocycles. The van der Waals surface area contributed by atoms with Crippen molar-refractivity contribution in [1.82, 2.24) is 18.7 Å². The Hall–Kier alpha value is -3.23. The van der Waals surface area contributed by atoms with Gasteiger partial charge in [-0.1, -0.05) is 13.3 Å². The van der Waals surface area contributed by atoms with Gasteiger partial charge >= 0.3 is 5.69 Å². The molecule has 0 N–H and O–H groups in total. The number of rotatable bonds is 6. The van der Waals surface area contributed by atoms with Crippen molar-refractivity contribution in [2.75, 3.05) is 25.7 Å². The van der Waals surface area contributed by atoms with Crippen LogP contribution >= 0.6 is 0 Å². The summed E-state index contributed by atoms with van der Waals surface area (Å²) in [4.78, 5) is 32.5. The Morgan fingerprint density at radius 2 is 1.93 bits per heavy atom. The van der Waals surface area contributed by atoms with Gasteiger partial charge in [-0.15, -0.1) is 0 Å². The van der Waals surface area contributed by atoms with Gasteiger partial charge in [0.15, 0.2) is 11.2 Å². The van der Waals surface area contributed by atoms with Gasteiger partial charge in [0.25, 0.3) is 5.56 Å². The predicted octanol–water partition coefficient (Wildman–Crippen LogP) is 1.87. The van der Waals surface area contributed by atoms with Crippen LogP contribution in [0, 0.1) is 0 Å². The number of ether oxygens (including phenoxy) is 2. The van der Waals surface area contributed by atoms with Crippen LogP contribution in [0.15, 0.2) is 27.8 Å². The third kappa shape index (κ3) is 2.88. The van der Waals surface area contributed by atoms with E-state index in [2.05, 4.69) is 4.98 Å². The van der Waals surface area contributed by atoms with Crippen LogP contribution in [0.1, 0.15) is 19.8 Å². The maximum Gasteiger partial charge on any atom is 0.332 e. The maximum atomic E-state index is 13.1. The summed E-state index contributed by atoms with van der Waals surface area (Å²) in [6, 6.07) is 5.55. The lowest BCUT2D eigenvalue weighted by atomic mass is 10.2. The molecule has 1 aromatic carbocycles. The number of hydrogen-bond acceptors (Lipinski definition) is 6. The molecule has 9 nitrogen and oxygen atoms in total. The summed E-state index contributed by atoms with van der Waals surface area (Å²) in [7, 11) is 4.88. The fourth-order valence-corrected chi connectivity index (χ4v) is 3.83. The first-order valence-electron chi connectivity index (χ1n) is 9.71. The second-order valence-electron chi connectivity index (χ2n) is 7.08. The van der Waals surface area contributed by atoms with Gasteiger partial charge in [0.05, 0.1) is 19.9 Å². The van der Waals surface area contributed by atoms with Crippen molar-refractivity contribution in [3.8, 4) is 11.5 Å². The third-order valence-corrected chi connectivity index (χ3v) is 5.41. The number of methoxy groups -OCH3 is 2. The zero-order chi connectivity index (χ0) is 20.7. The summed E-state index contributed by atoms with van der Waals surface area (Å²) in [5.74, 6) is 2.00. The SMILES string of the molecule is CCCCn1c(=O)c2c(nc3n2CCN3c2cc(OC)ccc2OC)n(C)c1=O. The first-order chi connectivity index (χ1) is 14.0. The number of nitrogens with zero attached hydrogens (tertiary/aromatic N) is 5. The van der Waals surface area contributed by atoms with Crippen molar-refractivity contribution < 1.29 is 9.47 Å². The predicted molar refractivity (Wildman–Crippen MR) is 111 cm³/mol. The standard InChI is InChI=1S/C20H25N5O4/c1-5-6-9-25-18(26)16-17(22(2)20(25)27)21-19-23(10-11-24(16)19)14-12-13(28-3)7-8-15(14)29-4/h7-8,12H,5-6,9-11H2,1-4H3. The molecule has 0 saturated heterocycles. The van der Waals surface area contributed by atoms with Crippen molar-refractivity contribution >= 4 is 22.8 Å². The number of aromatic nitrogens is 4. The summed E-state index contributed by atoms with van der Waals surface area (Å²) < 4.78 is 15.5. The summed E-state index contributed by atoms with van der Waals surface area (Å²) in [6.07, 6.45) is 1.68. The number of hydrogen-bond donors (Lipinski definition) is 0. The van der Waals surface area contributed by atoms with Crippen LogP contribution in [0.2, 0.25) is 0 Å². The quantitative estimate of drug-likeness (QED) is 0.629. The smallest absolute Gasteiger partial charge is 0.332 e. The lowest BCUT2D eigenvalue weighted by Crippen LogP contribution is -2.39. The molecule has 0 bridgehead atoms. The van der Waals surface area contributed by atoms with Gasteiger partial charge < -0.3 is 18.9 Å². The Labute approximate surface area is 167 Å². The summed E-state index contributed by atoms with van der Waals surface area (Å²) in [6.45, 7) is 3.67. The fraction of sp³-hybridized carbons (Fsp3) is 0.450. The Morgan fingerprint density at radius 1 is 1.14 bits per heavy atom. The largest absolute Gasteiger partial charge is 0.497 e. The molecule has 0 spiro atoms. The zero-order valence-corrected chi connectivity index (χ0v) is 17.1. The normalized spacial score (nSPS) is 13.2. The molecule has 9 heteroatoms. The van der Waals surface area contributed by atoms with E-state index in [0.717, 1.165) is 18.5 Å². The second kappa shape index (κ2) is 7.31. The molecule has 0 amide bonds. The second-order valence-corrected chi connectivity index (χ2v) is 7.08. The molecule has 0 saturated carbocycles. The number of fused-ring (bicyclic) bond motifs is 3. The minimum atomic E-state index is -0.335. The van der Waals surface area contributed by atoms with Crippen LogP contribution in [-0.4, -0.2) is 39.4 Å². The van der Waals surface area contributed by atoms with Crippen LogP contribution in [0.25, 0.3) is 11.2 Å². The first-order valence-corrected chi connectivity index (χ1v) is 9.71. The zero-order valence-electron chi connectivity index (χ0n) is 17.1. The number of benzene rings is 1. The van der Waals surface area contributed by atoms with E-state index in [9.17, 15) is 9.59 Å². The van der Waals surface area contributed by atoms with E-state index in [1.807, 2.05) is 34.6 Å². The fourth-order valence-electron chi connectivity index (χ4n) is 3.83. The van der Waals surface area contributed by atoms with E-state index in [-0.39, 0.29) is 11.2 Å². The molecule has 0 atom stereocenters. The monoisotopic (exact) mass is 399 g/mol. The minimum absolute atomic E-state index is 0.283. The van der Waals surface area contributed by atoms with E-state index in [4.69, 9.17) is 9.47 Å². The molecular weight excluding hydrogens is 374 g/mol. The Morgan fingerprint density at radius 3 is 2.62 bits per heavy atom.